The van der Waals surface area contributed by atoms with Crippen molar-refractivity contribution in [1.82, 2.24) is 4.90 Å². The van der Waals surface area contributed by atoms with Crippen LogP contribution in [0.1, 0.15) is 76.3 Å². The maximum atomic E-state index is 12.8. The fourth-order valence-corrected chi connectivity index (χ4v) is 5.00. The van der Waals surface area contributed by atoms with E-state index in [-0.39, 0.29) is 18.1 Å². The van der Waals surface area contributed by atoms with Crippen LogP contribution in [0.2, 0.25) is 0 Å². The number of aliphatic hydroxyl groups is 1. The Balaban J connectivity index is 1.48. The summed E-state index contributed by atoms with van der Waals surface area (Å²) in [5.41, 5.74) is 2.30. The molecule has 4 rings (SSSR count). The number of aliphatic hydroxyl groups excluding tert-OH is 1. The molecule has 29 heavy (non-hydrogen) atoms. The highest BCUT2D eigenvalue weighted by atomic mass is 16.6. The summed E-state index contributed by atoms with van der Waals surface area (Å²) in [6.45, 7) is 7.03. The molecule has 2 fully saturated rings. The highest BCUT2D eigenvalue weighted by Crippen LogP contribution is 2.48. The minimum Gasteiger partial charge on any atom is -0.444 e. The van der Waals surface area contributed by atoms with E-state index in [1.165, 1.54) is 5.56 Å². The Hall–Kier alpha value is -2.08. The van der Waals surface area contributed by atoms with Gasteiger partial charge in [-0.2, -0.15) is 0 Å². The van der Waals surface area contributed by atoms with Gasteiger partial charge in [-0.1, -0.05) is 12.1 Å². The van der Waals surface area contributed by atoms with E-state index in [0.717, 1.165) is 24.1 Å². The van der Waals surface area contributed by atoms with E-state index in [1.54, 1.807) is 4.90 Å². The fourth-order valence-electron chi connectivity index (χ4n) is 5.00. The van der Waals surface area contributed by atoms with Crippen molar-refractivity contribution in [1.29, 1.82) is 0 Å². The largest absolute Gasteiger partial charge is 0.444 e. The van der Waals surface area contributed by atoms with Crippen LogP contribution in [0.15, 0.2) is 18.2 Å². The number of hydrogen-bond acceptors (Lipinski definition) is 4. The molecule has 2 aliphatic heterocycles. The second-order valence-corrected chi connectivity index (χ2v) is 9.81. The van der Waals surface area contributed by atoms with Crippen LogP contribution in [-0.4, -0.2) is 46.8 Å². The maximum absolute atomic E-state index is 12.8. The van der Waals surface area contributed by atoms with Gasteiger partial charge in [0.1, 0.15) is 5.60 Å². The Labute approximate surface area is 172 Å². The van der Waals surface area contributed by atoms with E-state index >= 15 is 0 Å². The highest BCUT2D eigenvalue weighted by molar-refractivity contribution is 6.06. The summed E-state index contributed by atoms with van der Waals surface area (Å²) in [6.07, 6.45) is 4.01. The maximum Gasteiger partial charge on any atom is 0.410 e. The van der Waals surface area contributed by atoms with Gasteiger partial charge >= 0.3 is 6.09 Å². The quantitative estimate of drug-likeness (QED) is 0.749. The molecule has 2 N–H and O–H groups in total. The van der Waals surface area contributed by atoms with Crippen LogP contribution in [0.5, 0.6) is 0 Å². The second-order valence-electron chi connectivity index (χ2n) is 9.81. The fraction of sp³-hybridized carbons (Fsp3) is 0.652. The Bertz CT molecular complexity index is 798. The smallest absolute Gasteiger partial charge is 0.410 e. The van der Waals surface area contributed by atoms with Crippen LogP contribution in [-0.2, 0) is 14.9 Å². The third kappa shape index (κ3) is 3.87. The third-order valence-electron chi connectivity index (χ3n) is 6.67. The number of benzene rings is 1. The van der Waals surface area contributed by atoms with Crippen LogP contribution < -0.4 is 5.32 Å². The average Bonchev–Trinajstić information content (AvgIpc) is 2.94. The zero-order valence-electron chi connectivity index (χ0n) is 17.7. The van der Waals surface area contributed by atoms with Crippen LogP contribution in [0.25, 0.3) is 0 Å². The van der Waals surface area contributed by atoms with Crippen LogP contribution in [0.3, 0.4) is 0 Å². The Morgan fingerprint density at radius 2 is 1.83 bits per heavy atom. The van der Waals surface area contributed by atoms with Crippen molar-refractivity contribution in [2.24, 2.45) is 0 Å². The van der Waals surface area contributed by atoms with Crippen molar-refractivity contribution >= 4 is 17.7 Å². The number of fused-ring (bicyclic) bond motifs is 2. The molecule has 0 bridgehead atoms. The molecular formula is C23H32N2O4. The summed E-state index contributed by atoms with van der Waals surface area (Å²) in [4.78, 5) is 26.9. The van der Waals surface area contributed by atoms with Crippen molar-refractivity contribution in [2.45, 2.75) is 82.3 Å². The number of likely N-dealkylation sites (tertiary alicyclic amines) is 1. The number of nitrogens with one attached hydrogen (secondary N) is 1. The van der Waals surface area contributed by atoms with Gasteiger partial charge < -0.3 is 20.1 Å². The minimum atomic E-state index is -0.484. The van der Waals surface area contributed by atoms with E-state index < -0.39 is 11.0 Å². The lowest BCUT2D eigenvalue weighted by Gasteiger charge is -2.35. The number of ether oxygens (including phenoxy) is 1. The SMILES string of the molecule is CC(C)(C)OC(=O)N1CCC(c2ccc3c(c2)C2(CCC(O)CC2)C(=O)N3)CC1. The second kappa shape index (κ2) is 7.31. The van der Waals surface area contributed by atoms with Gasteiger partial charge in [-0.3, -0.25) is 4.79 Å². The van der Waals surface area contributed by atoms with E-state index in [1.807, 2.05) is 26.8 Å². The number of amides is 2. The van der Waals surface area contributed by atoms with Gasteiger partial charge in [-0.25, -0.2) is 4.79 Å². The normalized spacial score (nSPS) is 27.7. The topological polar surface area (TPSA) is 78.9 Å². The molecule has 2 amide bonds. The zero-order chi connectivity index (χ0) is 20.8. The number of nitrogens with zero attached hydrogens (tertiary/aromatic N) is 1. The predicted molar refractivity (Wildman–Crippen MR) is 111 cm³/mol. The summed E-state index contributed by atoms with van der Waals surface area (Å²) in [5, 5.41) is 13.0. The highest BCUT2D eigenvalue weighted by Gasteiger charge is 2.48. The van der Waals surface area contributed by atoms with Crippen LogP contribution in [0, 0.1) is 0 Å². The van der Waals surface area contributed by atoms with Gasteiger partial charge in [0.25, 0.3) is 0 Å². The lowest BCUT2D eigenvalue weighted by atomic mass is 9.69. The van der Waals surface area contributed by atoms with Crippen molar-refractivity contribution in [3.05, 3.63) is 29.3 Å². The van der Waals surface area contributed by atoms with Crippen molar-refractivity contribution < 1.29 is 19.4 Å². The van der Waals surface area contributed by atoms with Crippen molar-refractivity contribution in [3.8, 4) is 0 Å². The molecule has 3 aliphatic rings. The average molecular weight is 401 g/mol. The van der Waals surface area contributed by atoms with E-state index in [4.69, 9.17) is 4.74 Å². The first-order valence-electron chi connectivity index (χ1n) is 10.8. The van der Waals surface area contributed by atoms with Gasteiger partial charge in [0.05, 0.1) is 11.5 Å². The third-order valence-corrected chi connectivity index (χ3v) is 6.67. The van der Waals surface area contributed by atoms with Gasteiger partial charge in [0.2, 0.25) is 5.91 Å². The van der Waals surface area contributed by atoms with Gasteiger partial charge in [-0.05, 0) is 82.4 Å². The van der Waals surface area contributed by atoms with Gasteiger partial charge in [-0.15, -0.1) is 0 Å². The number of carbonyl (C=O) groups is 2. The van der Waals surface area contributed by atoms with E-state index in [0.29, 0.717) is 44.7 Å². The molecule has 0 unspecified atom stereocenters. The van der Waals surface area contributed by atoms with E-state index in [2.05, 4.69) is 17.4 Å². The molecule has 0 aromatic heterocycles. The molecule has 1 aromatic carbocycles. The molecule has 1 spiro atoms. The molecule has 1 aromatic rings. The molecule has 6 heteroatoms. The predicted octanol–water partition coefficient (Wildman–Crippen LogP) is 3.93. The minimum absolute atomic E-state index is 0.0799. The lowest BCUT2D eigenvalue weighted by Crippen LogP contribution is -2.41. The summed E-state index contributed by atoms with van der Waals surface area (Å²) < 4.78 is 5.50. The van der Waals surface area contributed by atoms with Gasteiger partial charge in [0, 0.05) is 18.8 Å². The van der Waals surface area contributed by atoms with Crippen molar-refractivity contribution in [2.75, 3.05) is 18.4 Å². The summed E-state index contributed by atoms with van der Waals surface area (Å²) >= 11 is 0. The summed E-state index contributed by atoms with van der Waals surface area (Å²) in [6, 6.07) is 6.35. The molecule has 2 heterocycles. The van der Waals surface area contributed by atoms with Crippen molar-refractivity contribution in [3.63, 3.8) is 0 Å². The first-order chi connectivity index (χ1) is 13.7. The first-order valence-corrected chi connectivity index (χ1v) is 10.8. The molecule has 1 aliphatic carbocycles. The molecule has 158 valence electrons. The summed E-state index contributed by atoms with van der Waals surface area (Å²) in [7, 11) is 0. The Morgan fingerprint density at radius 3 is 2.45 bits per heavy atom. The number of anilines is 1. The Kier molecular flexibility index (Phi) is 5.09. The monoisotopic (exact) mass is 400 g/mol. The first kappa shape index (κ1) is 20.2. The Morgan fingerprint density at radius 1 is 1.17 bits per heavy atom. The number of piperidine rings is 1. The molecule has 1 saturated heterocycles. The molecule has 1 saturated carbocycles. The molecule has 0 atom stereocenters. The van der Waals surface area contributed by atoms with Crippen LogP contribution in [0.4, 0.5) is 10.5 Å². The van der Waals surface area contributed by atoms with E-state index in [9.17, 15) is 14.7 Å². The summed E-state index contributed by atoms with van der Waals surface area (Å²) in [5.74, 6) is 0.456. The standard InChI is InChI=1S/C23H32N2O4/c1-22(2,3)29-21(28)25-12-8-15(9-13-25)16-4-5-19-18(14-16)23(20(27)24-19)10-6-17(26)7-11-23/h4-5,14-15,17,26H,6-13H2,1-3H3,(H,24,27). The lowest BCUT2D eigenvalue weighted by molar-refractivity contribution is -0.122. The number of carbonyl (C=O) groups excluding carboxylic acids is 2. The van der Waals surface area contributed by atoms with Gasteiger partial charge in [0.15, 0.2) is 0 Å². The molecular weight excluding hydrogens is 368 g/mol. The number of rotatable bonds is 1. The zero-order valence-corrected chi connectivity index (χ0v) is 17.7. The van der Waals surface area contributed by atoms with Crippen LogP contribution >= 0.6 is 0 Å². The molecule has 6 nitrogen and oxygen atoms in total. The number of hydrogen-bond donors (Lipinski definition) is 2. The molecule has 0 radical (unpaired) electrons.